The molecule has 0 amide bonds. The van der Waals surface area contributed by atoms with Crippen LogP contribution in [0, 0.1) is 10.1 Å². The molecule has 6 nitrogen and oxygen atoms in total. The molecular weight excluding hydrogens is 338 g/mol. The van der Waals surface area contributed by atoms with Gasteiger partial charge in [-0.25, -0.2) is 0 Å². The van der Waals surface area contributed by atoms with Gasteiger partial charge < -0.3 is 15.4 Å². The predicted octanol–water partition coefficient (Wildman–Crippen LogP) is 4.93. The van der Waals surface area contributed by atoms with Crippen LogP contribution in [-0.2, 0) is 0 Å². The Morgan fingerprint density at radius 3 is 2.48 bits per heavy atom. The molecule has 0 spiro atoms. The largest absolute Gasteiger partial charge is 0.496 e. The van der Waals surface area contributed by atoms with Gasteiger partial charge >= 0.3 is 0 Å². The van der Waals surface area contributed by atoms with Crippen LogP contribution in [0.15, 0.2) is 42.5 Å². The van der Waals surface area contributed by atoms with E-state index in [-0.39, 0.29) is 10.8 Å². The minimum Gasteiger partial charge on any atom is -0.496 e. The minimum absolute atomic E-state index is 0.101. The third kappa shape index (κ3) is 4.90. The van der Waals surface area contributed by atoms with Crippen molar-refractivity contribution in [1.29, 1.82) is 0 Å². The van der Waals surface area contributed by atoms with Crippen LogP contribution >= 0.6 is 12.2 Å². The number of benzene rings is 2. The maximum absolute atomic E-state index is 11.2. The number of nitro benzene ring substituents is 1. The molecule has 0 fully saturated rings. The molecule has 0 radical (unpaired) electrons. The average molecular weight is 359 g/mol. The summed E-state index contributed by atoms with van der Waals surface area (Å²) in [4.78, 5) is 10.7. The Bertz CT molecular complexity index is 763. The highest BCUT2D eigenvalue weighted by atomic mass is 32.1. The van der Waals surface area contributed by atoms with Crippen LogP contribution < -0.4 is 15.4 Å². The fourth-order valence-electron chi connectivity index (χ4n) is 2.31. The summed E-state index contributed by atoms with van der Waals surface area (Å²) in [6, 6.07) is 12.5. The maximum atomic E-state index is 11.2. The van der Waals surface area contributed by atoms with Gasteiger partial charge in [0, 0.05) is 5.69 Å². The van der Waals surface area contributed by atoms with E-state index < -0.39 is 4.92 Å². The number of methoxy groups -OCH3 is 1. The van der Waals surface area contributed by atoms with E-state index in [0.29, 0.717) is 17.4 Å². The number of nitrogens with zero attached hydrogens (tertiary/aromatic N) is 1. The molecule has 2 aromatic carbocycles. The van der Waals surface area contributed by atoms with Gasteiger partial charge in [-0.3, -0.25) is 10.1 Å². The van der Waals surface area contributed by atoms with Gasteiger partial charge in [0.2, 0.25) is 0 Å². The van der Waals surface area contributed by atoms with Crippen LogP contribution in [0.1, 0.15) is 31.7 Å². The summed E-state index contributed by atoms with van der Waals surface area (Å²) in [7, 11) is 1.46. The summed E-state index contributed by atoms with van der Waals surface area (Å²) in [6.45, 7) is 4.33. The molecule has 0 aliphatic carbocycles. The smallest absolute Gasteiger partial charge is 0.296 e. The normalized spacial score (nSPS) is 11.5. The molecule has 2 aromatic rings. The highest BCUT2D eigenvalue weighted by Gasteiger charge is 2.16. The molecular formula is C18H21N3O3S. The molecule has 0 aromatic heterocycles. The summed E-state index contributed by atoms with van der Waals surface area (Å²) in [5.41, 5.74) is 2.29. The Morgan fingerprint density at radius 1 is 1.24 bits per heavy atom. The molecule has 1 atom stereocenters. The summed E-state index contributed by atoms with van der Waals surface area (Å²) in [6.07, 6.45) is 1.08. The first kappa shape index (κ1) is 18.7. The zero-order chi connectivity index (χ0) is 18.4. The van der Waals surface area contributed by atoms with Gasteiger partial charge in [-0.1, -0.05) is 26.0 Å². The highest BCUT2D eigenvalue weighted by Crippen LogP contribution is 2.29. The van der Waals surface area contributed by atoms with E-state index >= 15 is 0 Å². The van der Waals surface area contributed by atoms with Crippen molar-refractivity contribution in [2.24, 2.45) is 0 Å². The van der Waals surface area contributed by atoms with E-state index in [4.69, 9.17) is 17.0 Å². The summed E-state index contributed by atoms with van der Waals surface area (Å²) in [5.74, 6) is 0.915. The number of rotatable bonds is 6. The molecule has 2 rings (SSSR count). The Balaban J connectivity index is 2.09. The number of nitro groups is 1. The van der Waals surface area contributed by atoms with Gasteiger partial charge in [-0.05, 0) is 54.4 Å². The van der Waals surface area contributed by atoms with E-state index in [0.717, 1.165) is 12.1 Å². The second-order valence-corrected chi connectivity index (χ2v) is 6.06. The fraction of sp³-hybridized carbons (Fsp3) is 0.278. The van der Waals surface area contributed by atoms with Gasteiger partial charge in [-0.2, -0.15) is 0 Å². The monoisotopic (exact) mass is 359 g/mol. The van der Waals surface area contributed by atoms with Crippen molar-refractivity contribution in [3.05, 3.63) is 58.1 Å². The lowest BCUT2D eigenvalue weighted by molar-refractivity contribution is -0.384. The van der Waals surface area contributed by atoms with Crippen molar-refractivity contribution >= 4 is 34.4 Å². The summed E-state index contributed by atoms with van der Waals surface area (Å²) in [5, 5.41) is 17.4. The van der Waals surface area contributed by atoms with E-state index in [1.54, 1.807) is 12.1 Å². The van der Waals surface area contributed by atoms with E-state index in [9.17, 15) is 10.1 Å². The summed E-state index contributed by atoms with van der Waals surface area (Å²) < 4.78 is 5.02. The standard InChI is InChI=1S/C18H21N3O3S/c1-4-12(2)13-5-7-14(8-6-13)19-18(25)20-16-10-9-15(24-3)11-17(16)21(22)23/h5-12H,4H2,1-3H3,(H2,19,20,25). The lowest BCUT2D eigenvalue weighted by Crippen LogP contribution is -2.19. The lowest BCUT2D eigenvalue weighted by atomic mass is 9.99. The van der Waals surface area contributed by atoms with Crippen LogP contribution in [0.5, 0.6) is 5.75 Å². The molecule has 0 saturated carbocycles. The third-order valence-electron chi connectivity index (χ3n) is 4.00. The Kier molecular flexibility index (Phi) is 6.30. The van der Waals surface area contributed by atoms with Gasteiger partial charge in [0.15, 0.2) is 5.11 Å². The van der Waals surface area contributed by atoms with Gasteiger partial charge in [0.25, 0.3) is 5.69 Å². The number of hydrogen-bond acceptors (Lipinski definition) is 4. The van der Waals surface area contributed by atoms with Crippen molar-refractivity contribution in [2.75, 3.05) is 17.7 Å². The Hall–Kier alpha value is -2.67. The molecule has 0 saturated heterocycles. The second-order valence-electron chi connectivity index (χ2n) is 5.65. The molecule has 7 heteroatoms. The quantitative estimate of drug-likeness (QED) is 0.433. The van der Waals surface area contributed by atoms with Crippen molar-refractivity contribution in [2.45, 2.75) is 26.2 Å². The maximum Gasteiger partial charge on any atom is 0.296 e. The van der Waals surface area contributed by atoms with Gasteiger partial charge in [-0.15, -0.1) is 0 Å². The Labute approximate surface area is 152 Å². The fourth-order valence-corrected chi connectivity index (χ4v) is 2.54. The van der Waals surface area contributed by atoms with Crippen LogP contribution in [0.4, 0.5) is 17.1 Å². The molecule has 0 aliphatic rings. The van der Waals surface area contributed by atoms with E-state index in [1.165, 1.54) is 18.7 Å². The Morgan fingerprint density at radius 2 is 1.92 bits per heavy atom. The first-order valence-electron chi connectivity index (χ1n) is 7.95. The van der Waals surface area contributed by atoms with Crippen LogP contribution in [-0.4, -0.2) is 17.1 Å². The zero-order valence-electron chi connectivity index (χ0n) is 14.4. The van der Waals surface area contributed by atoms with Crippen LogP contribution in [0.25, 0.3) is 0 Å². The number of hydrogen-bond donors (Lipinski definition) is 2. The van der Waals surface area contributed by atoms with E-state index in [1.807, 2.05) is 12.1 Å². The topological polar surface area (TPSA) is 76.4 Å². The van der Waals surface area contributed by atoms with Crippen molar-refractivity contribution < 1.29 is 9.66 Å². The first-order valence-corrected chi connectivity index (χ1v) is 8.35. The van der Waals surface area contributed by atoms with Gasteiger partial charge in [0.05, 0.1) is 18.1 Å². The number of nitrogens with one attached hydrogen (secondary N) is 2. The average Bonchev–Trinajstić information content (AvgIpc) is 2.61. The van der Waals surface area contributed by atoms with Crippen LogP contribution in [0.2, 0.25) is 0 Å². The first-order chi connectivity index (χ1) is 11.9. The zero-order valence-corrected chi connectivity index (χ0v) is 15.2. The van der Waals surface area contributed by atoms with E-state index in [2.05, 4.69) is 36.6 Å². The molecule has 0 heterocycles. The molecule has 2 N–H and O–H groups in total. The highest BCUT2D eigenvalue weighted by molar-refractivity contribution is 7.80. The predicted molar refractivity (Wildman–Crippen MR) is 105 cm³/mol. The number of anilines is 2. The molecule has 0 aliphatic heterocycles. The second kappa shape index (κ2) is 8.43. The lowest BCUT2D eigenvalue weighted by Gasteiger charge is -2.13. The van der Waals surface area contributed by atoms with Gasteiger partial charge in [0.1, 0.15) is 11.4 Å². The molecule has 0 bridgehead atoms. The van der Waals surface area contributed by atoms with Crippen molar-refractivity contribution in [3.8, 4) is 5.75 Å². The summed E-state index contributed by atoms with van der Waals surface area (Å²) >= 11 is 5.26. The SMILES string of the molecule is CCC(C)c1ccc(NC(=S)Nc2ccc(OC)cc2[N+](=O)[O-])cc1. The molecule has 25 heavy (non-hydrogen) atoms. The van der Waals surface area contributed by atoms with Crippen LogP contribution in [0.3, 0.4) is 0 Å². The number of thiocarbonyl (C=S) groups is 1. The van der Waals surface area contributed by atoms with Crippen molar-refractivity contribution in [1.82, 2.24) is 0 Å². The van der Waals surface area contributed by atoms with Crippen molar-refractivity contribution in [3.63, 3.8) is 0 Å². The minimum atomic E-state index is -0.478. The third-order valence-corrected chi connectivity index (χ3v) is 4.20. The molecule has 132 valence electrons. The number of ether oxygens (including phenoxy) is 1. The molecule has 1 unspecified atom stereocenters.